The van der Waals surface area contributed by atoms with Crippen LogP contribution in [-0.4, -0.2) is 48.1 Å². The van der Waals surface area contributed by atoms with Gasteiger partial charge in [-0.25, -0.2) is 13.6 Å². The van der Waals surface area contributed by atoms with E-state index in [-0.39, 0.29) is 17.5 Å². The number of amides is 1. The molecule has 1 fully saturated rings. The molecule has 0 saturated carbocycles. The third-order valence-corrected chi connectivity index (χ3v) is 3.88. The fourth-order valence-electron chi connectivity index (χ4n) is 2.72. The maximum absolute atomic E-state index is 14.1. The van der Waals surface area contributed by atoms with Gasteiger partial charge in [0.15, 0.2) is 0 Å². The number of carbonyl (C=O) groups is 2. The molecule has 0 unspecified atom stereocenters. The molecular formula is C16H20F2N2O3. The lowest BCUT2D eigenvalue weighted by atomic mass is 10.1. The van der Waals surface area contributed by atoms with E-state index in [4.69, 9.17) is 5.11 Å². The quantitative estimate of drug-likeness (QED) is 0.926. The zero-order chi connectivity index (χ0) is 17.1. The van der Waals surface area contributed by atoms with Crippen LogP contribution in [0.25, 0.3) is 0 Å². The molecule has 1 aliphatic heterocycles. The highest BCUT2D eigenvalue weighted by atomic mass is 19.1. The molecule has 0 spiro atoms. The maximum atomic E-state index is 14.1. The number of carbonyl (C=O) groups excluding carboxylic acids is 1. The minimum Gasteiger partial charge on any atom is -0.478 e. The largest absolute Gasteiger partial charge is 0.478 e. The summed E-state index contributed by atoms with van der Waals surface area (Å²) in [6.07, 6.45) is 0.595. The van der Waals surface area contributed by atoms with Gasteiger partial charge in [-0.15, -0.1) is 0 Å². The van der Waals surface area contributed by atoms with E-state index in [9.17, 15) is 18.4 Å². The van der Waals surface area contributed by atoms with Gasteiger partial charge < -0.3 is 14.9 Å². The Hall–Kier alpha value is -2.18. The summed E-state index contributed by atoms with van der Waals surface area (Å²) in [5.74, 6) is -3.27. The molecule has 0 bridgehead atoms. The molecule has 1 amide bonds. The van der Waals surface area contributed by atoms with Crippen molar-refractivity contribution < 1.29 is 23.5 Å². The number of aromatic carboxylic acids is 1. The summed E-state index contributed by atoms with van der Waals surface area (Å²) in [6.45, 7) is 5.27. The predicted molar refractivity (Wildman–Crippen MR) is 81.6 cm³/mol. The highest BCUT2D eigenvalue weighted by Gasteiger charge is 2.25. The molecule has 0 aromatic heterocycles. The molecule has 5 nitrogen and oxygen atoms in total. The van der Waals surface area contributed by atoms with Crippen LogP contribution in [0.4, 0.5) is 14.5 Å². The average molecular weight is 326 g/mol. The highest BCUT2D eigenvalue weighted by Crippen LogP contribution is 2.26. The second-order valence-corrected chi connectivity index (χ2v) is 5.91. The zero-order valence-electron chi connectivity index (χ0n) is 13.2. The fraction of sp³-hybridized carbons (Fsp3) is 0.500. The van der Waals surface area contributed by atoms with E-state index in [2.05, 4.69) is 0 Å². The van der Waals surface area contributed by atoms with Crippen LogP contribution in [0.5, 0.6) is 0 Å². The summed E-state index contributed by atoms with van der Waals surface area (Å²) in [5, 5.41) is 8.84. The van der Waals surface area contributed by atoms with Crippen molar-refractivity contribution >= 4 is 17.6 Å². The van der Waals surface area contributed by atoms with Crippen molar-refractivity contribution in [2.24, 2.45) is 5.92 Å². The number of halogens is 2. The van der Waals surface area contributed by atoms with E-state index in [1.807, 2.05) is 13.8 Å². The van der Waals surface area contributed by atoms with Crippen molar-refractivity contribution in [3.8, 4) is 0 Å². The number of hydrogen-bond donors (Lipinski definition) is 1. The molecule has 0 radical (unpaired) electrons. The van der Waals surface area contributed by atoms with Gasteiger partial charge >= 0.3 is 5.97 Å². The van der Waals surface area contributed by atoms with Gasteiger partial charge in [0.25, 0.3) is 0 Å². The Morgan fingerprint density at radius 3 is 2.22 bits per heavy atom. The lowest BCUT2D eigenvalue weighted by Gasteiger charge is -2.25. The van der Waals surface area contributed by atoms with Crippen LogP contribution >= 0.6 is 0 Å². The predicted octanol–water partition coefficient (Wildman–Crippen LogP) is 2.36. The van der Waals surface area contributed by atoms with Crippen LogP contribution in [0.2, 0.25) is 0 Å². The Morgan fingerprint density at radius 1 is 1.09 bits per heavy atom. The van der Waals surface area contributed by atoms with E-state index in [0.717, 1.165) is 12.1 Å². The lowest BCUT2D eigenvalue weighted by Crippen LogP contribution is -2.37. The molecule has 1 saturated heterocycles. The Labute approximate surface area is 133 Å². The third kappa shape index (κ3) is 3.78. The van der Waals surface area contributed by atoms with Crippen LogP contribution in [0, 0.1) is 17.6 Å². The van der Waals surface area contributed by atoms with E-state index in [1.54, 1.807) is 4.90 Å². The van der Waals surface area contributed by atoms with Gasteiger partial charge in [0.1, 0.15) is 17.3 Å². The smallest absolute Gasteiger partial charge is 0.335 e. The summed E-state index contributed by atoms with van der Waals surface area (Å²) in [6, 6.07) is 1.64. The van der Waals surface area contributed by atoms with Gasteiger partial charge in [-0.2, -0.15) is 0 Å². The molecule has 1 N–H and O–H groups in total. The fourth-order valence-corrected chi connectivity index (χ4v) is 2.72. The molecule has 7 heteroatoms. The second kappa shape index (κ2) is 6.93. The molecule has 1 aromatic rings. The number of rotatable bonds is 3. The van der Waals surface area contributed by atoms with E-state index in [0.29, 0.717) is 32.6 Å². The van der Waals surface area contributed by atoms with Crippen molar-refractivity contribution in [1.29, 1.82) is 0 Å². The topological polar surface area (TPSA) is 60.9 Å². The summed E-state index contributed by atoms with van der Waals surface area (Å²) in [5.41, 5.74) is -0.649. The van der Waals surface area contributed by atoms with Crippen LogP contribution in [0.15, 0.2) is 12.1 Å². The molecule has 1 aliphatic rings. The molecule has 2 rings (SSSR count). The van der Waals surface area contributed by atoms with Gasteiger partial charge in [0.05, 0.1) is 5.56 Å². The second-order valence-electron chi connectivity index (χ2n) is 5.91. The molecule has 1 aromatic carbocycles. The first-order valence-electron chi connectivity index (χ1n) is 7.57. The van der Waals surface area contributed by atoms with Crippen LogP contribution in [0.3, 0.4) is 0 Å². The first-order chi connectivity index (χ1) is 10.8. The number of carboxylic acids is 1. The molecule has 126 valence electrons. The van der Waals surface area contributed by atoms with Gasteiger partial charge in [0.2, 0.25) is 5.91 Å². The minimum atomic E-state index is -1.38. The summed E-state index contributed by atoms with van der Waals surface area (Å²) in [7, 11) is 0. The van der Waals surface area contributed by atoms with Crippen molar-refractivity contribution in [1.82, 2.24) is 4.90 Å². The number of anilines is 1. The Kier molecular flexibility index (Phi) is 5.18. The van der Waals surface area contributed by atoms with E-state index >= 15 is 0 Å². The van der Waals surface area contributed by atoms with Crippen molar-refractivity contribution in [3.05, 3.63) is 29.3 Å². The highest BCUT2D eigenvalue weighted by molar-refractivity contribution is 5.88. The van der Waals surface area contributed by atoms with Crippen molar-refractivity contribution in [2.75, 3.05) is 31.1 Å². The Morgan fingerprint density at radius 2 is 1.70 bits per heavy atom. The van der Waals surface area contributed by atoms with E-state index < -0.39 is 23.2 Å². The SMILES string of the molecule is CC(C)C(=O)N1CCCN(c2c(F)cc(C(=O)O)cc2F)CC1. The molecular weight excluding hydrogens is 306 g/mol. The van der Waals surface area contributed by atoms with Gasteiger partial charge in [-0.1, -0.05) is 13.8 Å². The summed E-state index contributed by atoms with van der Waals surface area (Å²) >= 11 is 0. The summed E-state index contributed by atoms with van der Waals surface area (Å²) < 4.78 is 28.3. The Balaban J connectivity index is 2.20. The number of benzene rings is 1. The number of nitrogens with zero attached hydrogens (tertiary/aromatic N) is 2. The molecule has 23 heavy (non-hydrogen) atoms. The van der Waals surface area contributed by atoms with E-state index in [1.165, 1.54) is 4.90 Å². The first kappa shape index (κ1) is 17.2. The molecule has 0 aliphatic carbocycles. The monoisotopic (exact) mass is 326 g/mol. The molecule has 0 atom stereocenters. The molecule has 1 heterocycles. The number of carboxylic acid groups (broad SMARTS) is 1. The lowest BCUT2D eigenvalue weighted by molar-refractivity contribution is -0.134. The standard InChI is InChI=1S/C16H20F2N2O3/c1-10(2)15(21)20-5-3-4-19(6-7-20)14-12(17)8-11(16(22)23)9-13(14)18/h8-10H,3-7H2,1-2H3,(H,22,23). The van der Waals surface area contributed by atoms with Crippen molar-refractivity contribution in [2.45, 2.75) is 20.3 Å². The van der Waals surface area contributed by atoms with Crippen LogP contribution in [0.1, 0.15) is 30.6 Å². The normalized spacial score (nSPS) is 15.7. The van der Waals surface area contributed by atoms with Gasteiger partial charge in [-0.3, -0.25) is 4.79 Å². The van der Waals surface area contributed by atoms with Gasteiger partial charge in [-0.05, 0) is 18.6 Å². The number of hydrogen-bond acceptors (Lipinski definition) is 3. The van der Waals surface area contributed by atoms with Crippen LogP contribution in [-0.2, 0) is 4.79 Å². The van der Waals surface area contributed by atoms with Crippen LogP contribution < -0.4 is 4.90 Å². The third-order valence-electron chi connectivity index (χ3n) is 3.88. The summed E-state index contributed by atoms with van der Waals surface area (Å²) in [4.78, 5) is 26.1. The average Bonchev–Trinajstić information content (AvgIpc) is 2.71. The first-order valence-corrected chi connectivity index (χ1v) is 7.57. The zero-order valence-corrected chi connectivity index (χ0v) is 13.2. The maximum Gasteiger partial charge on any atom is 0.335 e. The van der Waals surface area contributed by atoms with Crippen molar-refractivity contribution in [3.63, 3.8) is 0 Å². The van der Waals surface area contributed by atoms with Gasteiger partial charge in [0, 0.05) is 32.1 Å². The Bertz CT molecular complexity index is 596. The minimum absolute atomic E-state index is 0.0222.